The molecule has 1 aromatic carbocycles. The van der Waals surface area contributed by atoms with E-state index in [0.29, 0.717) is 16.7 Å². The van der Waals surface area contributed by atoms with Gasteiger partial charge in [0.2, 0.25) is 0 Å². The number of benzene rings is 1. The molecule has 0 amide bonds. The molecule has 0 unspecified atom stereocenters. The summed E-state index contributed by atoms with van der Waals surface area (Å²) in [6.07, 6.45) is 1.51. The van der Waals surface area contributed by atoms with Crippen LogP contribution in [0, 0.1) is 6.57 Å². The molecule has 3 heterocycles. The van der Waals surface area contributed by atoms with Gasteiger partial charge in [-0.1, -0.05) is 29.8 Å². The van der Waals surface area contributed by atoms with Gasteiger partial charge < -0.3 is 9.41 Å². The van der Waals surface area contributed by atoms with Crippen molar-refractivity contribution >= 4 is 40.1 Å². The molecule has 0 spiro atoms. The average molecular weight is 430 g/mol. The lowest BCUT2D eigenvalue weighted by Crippen LogP contribution is -2.30. The van der Waals surface area contributed by atoms with E-state index in [9.17, 15) is 14.4 Å². The first-order valence-electron chi connectivity index (χ1n) is 7.96. The number of aryl methyl sites for hydroxylation is 1. The molecule has 0 saturated carbocycles. The van der Waals surface area contributed by atoms with Gasteiger partial charge in [-0.15, -0.1) is 4.68 Å². The number of halogens is 2. The third-order valence-corrected chi connectivity index (χ3v) is 4.81. The highest BCUT2D eigenvalue weighted by atomic mass is 35.5. The van der Waals surface area contributed by atoms with E-state index in [1.165, 1.54) is 33.6 Å². The van der Waals surface area contributed by atoms with E-state index in [2.05, 4.69) is 15.0 Å². The Kier molecular flexibility index (Phi) is 4.34. The Labute approximate surface area is 171 Å². The maximum Gasteiger partial charge on any atom is 0.365 e. The maximum absolute atomic E-state index is 12.1. The molecule has 29 heavy (non-hydrogen) atoms. The quantitative estimate of drug-likeness (QED) is 0.488. The van der Waals surface area contributed by atoms with Gasteiger partial charge in [0.1, 0.15) is 5.69 Å². The zero-order chi connectivity index (χ0) is 20.9. The van der Waals surface area contributed by atoms with Crippen LogP contribution in [0.1, 0.15) is 0 Å². The molecule has 0 radical (unpaired) electrons. The molecule has 0 saturated heterocycles. The molecule has 0 bridgehead atoms. The molecule has 0 aliphatic rings. The van der Waals surface area contributed by atoms with Gasteiger partial charge in [0.15, 0.2) is 0 Å². The summed E-state index contributed by atoms with van der Waals surface area (Å²) >= 11 is 12.8. The second kappa shape index (κ2) is 6.73. The number of pyridine rings is 1. The highest BCUT2D eigenvalue weighted by Gasteiger charge is 2.18. The van der Waals surface area contributed by atoms with Gasteiger partial charge in [0.25, 0.3) is 11.1 Å². The first-order chi connectivity index (χ1) is 13.8. The lowest BCUT2D eigenvalue weighted by atomic mass is 10.2. The van der Waals surface area contributed by atoms with Crippen molar-refractivity contribution in [2.45, 2.75) is 0 Å². The molecule has 4 aromatic rings. The Hall–Kier alpha value is -3.68. The molecule has 4 rings (SSSR count). The van der Waals surface area contributed by atoms with Crippen LogP contribution in [0.3, 0.4) is 0 Å². The van der Waals surface area contributed by atoms with Gasteiger partial charge in [-0.25, -0.2) is 9.48 Å². The van der Waals surface area contributed by atoms with Gasteiger partial charge in [0.05, 0.1) is 33.0 Å². The second-order valence-corrected chi connectivity index (χ2v) is 6.74. The third-order valence-electron chi connectivity index (χ3n) is 4.24. The molecule has 3 aromatic heterocycles. The van der Waals surface area contributed by atoms with Gasteiger partial charge >= 0.3 is 11.5 Å². The van der Waals surface area contributed by atoms with Crippen LogP contribution < -0.4 is 16.8 Å². The molecule has 0 atom stereocenters. The fourth-order valence-corrected chi connectivity index (χ4v) is 3.47. The molecule has 1 N–H and O–H groups in total. The fraction of sp³-hybridized carbons (Fsp3) is 0.0588. The number of rotatable bonds is 2. The van der Waals surface area contributed by atoms with Crippen LogP contribution in [0.25, 0.3) is 27.3 Å². The van der Waals surface area contributed by atoms with Crippen LogP contribution in [-0.4, -0.2) is 29.1 Å². The van der Waals surface area contributed by atoms with Crippen molar-refractivity contribution in [1.82, 2.24) is 29.1 Å². The van der Waals surface area contributed by atoms with E-state index in [0.717, 1.165) is 4.68 Å². The van der Waals surface area contributed by atoms with E-state index in [1.54, 1.807) is 13.1 Å². The van der Waals surface area contributed by atoms with E-state index in [4.69, 9.17) is 29.8 Å². The molecule has 10 nitrogen and oxygen atoms in total. The van der Waals surface area contributed by atoms with Crippen LogP contribution in [-0.2, 0) is 7.05 Å². The number of aromatic nitrogens is 6. The van der Waals surface area contributed by atoms with Crippen LogP contribution in [0.5, 0.6) is 0 Å². The summed E-state index contributed by atoms with van der Waals surface area (Å²) in [6, 6.07) is 5.80. The molecular weight excluding hydrogens is 421 g/mol. The Morgan fingerprint density at radius 3 is 2.41 bits per heavy atom. The molecule has 0 fully saturated rings. The van der Waals surface area contributed by atoms with E-state index in [1.807, 2.05) is 4.98 Å². The number of fused-ring (bicyclic) bond motifs is 1. The third kappa shape index (κ3) is 2.93. The lowest BCUT2D eigenvalue weighted by molar-refractivity contribution is 0.761. The number of nitrogens with one attached hydrogen (secondary N) is 1. The summed E-state index contributed by atoms with van der Waals surface area (Å²) in [5.74, 6) is -0.500. The zero-order valence-corrected chi connectivity index (χ0v) is 16.1. The predicted octanol–water partition coefficient (Wildman–Crippen LogP) is 1.82. The normalized spacial score (nSPS) is 11.0. The Balaban J connectivity index is 1.94. The van der Waals surface area contributed by atoms with Gasteiger partial charge in [-0.05, 0) is 23.3 Å². The van der Waals surface area contributed by atoms with Gasteiger partial charge in [-0.2, -0.15) is 5.10 Å². The largest absolute Gasteiger partial charge is 0.365 e. The smallest absolute Gasteiger partial charge is 0.354 e. The Bertz CT molecular complexity index is 1500. The fourth-order valence-electron chi connectivity index (χ4n) is 2.84. The summed E-state index contributed by atoms with van der Waals surface area (Å²) in [4.78, 5) is 40.4. The van der Waals surface area contributed by atoms with Gasteiger partial charge in [-0.3, -0.25) is 14.6 Å². The first kappa shape index (κ1) is 18.7. The molecular formula is C17H9Cl2N7O3. The summed E-state index contributed by atoms with van der Waals surface area (Å²) < 4.78 is 3.72. The van der Waals surface area contributed by atoms with Crippen molar-refractivity contribution in [2.24, 2.45) is 7.05 Å². The number of H-pyrrole nitrogens is 1. The van der Waals surface area contributed by atoms with E-state index < -0.39 is 17.1 Å². The van der Waals surface area contributed by atoms with Crippen molar-refractivity contribution in [3.63, 3.8) is 0 Å². The highest BCUT2D eigenvalue weighted by molar-refractivity contribution is 6.38. The van der Waals surface area contributed by atoms with Crippen molar-refractivity contribution in [1.29, 1.82) is 0 Å². The number of nitrogens with zero attached hydrogens (tertiary/aromatic N) is 6. The predicted molar refractivity (Wildman–Crippen MR) is 107 cm³/mol. The Morgan fingerprint density at radius 2 is 1.76 bits per heavy atom. The van der Waals surface area contributed by atoms with Crippen molar-refractivity contribution < 1.29 is 0 Å². The highest BCUT2D eigenvalue weighted by Crippen LogP contribution is 2.32. The standard InChI is InChI=1S/C17H9Cl2N7O3/c1-20-15-16(28)22-17(29)25(23-15)8-5-9(18)14(10(19)6-8)26-11-3-4-13(27)24(2)12(11)7-21-26/h3-7H,2H3,(H,22,28,29). The van der Waals surface area contributed by atoms with E-state index >= 15 is 0 Å². The zero-order valence-electron chi connectivity index (χ0n) is 14.6. The number of aromatic amines is 1. The second-order valence-electron chi connectivity index (χ2n) is 5.92. The molecule has 12 heteroatoms. The minimum Gasteiger partial charge on any atom is -0.354 e. The molecule has 0 aliphatic carbocycles. The van der Waals surface area contributed by atoms with Crippen molar-refractivity contribution in [3.05, 3.63) is 83.1 Å². The van der Waals surface area contributed by atoms with Crippen molar-refractivity contribution in [3.8, 4) is 11.4 Å². The minimum atomic E-state index is -0.885. The van der Waals surface area contributed by atoms with Gasteiger partial charge in [0, 0.05) is 13.1 Å². The number of hydrogen-bond acceptors (Lipinski definition) is 5. The Morgan fingerprint density at radius 1 is 1.07 bits per heavy atom. The minimum absolute atomic E-state index is 0.135. The van der Waals surface area contributed by atoms with Crippen molar-refractivity contribution in [2.75, 3.05) is 0 Å². The van der Waals surface area contributed by atoms with Crippen LogP contribution >= 0.6 is 23.2 Å². The van der Waals surface area contributed by atoms with Crippen LogP contribution in [0.15, 0.2) is 44.8 Å². The maximum atomic E-state index is 12.1. The molecule has 144 valence electrons. The average Bonchev–Trinajstić information content (AvgIpc) is 3.08. The number of hydrogen-bond donors (Lipinski definition) is 1. The summed E-state index contributed by atoms with van der Waals surface area (Å²) in [7, 11) is 1.62. The van der Waals surface area contributed by atoms with Crippen LogP contribution in [0.2, 0.25) is 10.0 Å². The first-order valence-corrected chi connectivity index (χ1v) is 8.72. The van der Waals surface area contributed by atoms with E-state index in [-0.39, 0.29) is 21.3 Å². The lowest BCUT2D eigenvalue weighted by Gasteiger charge is -2.11. The summed E-state index contributed by atoms with van der Waals surface area (Å²) in [6.45, 7) is 6.98. The topological polar surface area (TPSA) is 112 Å². The summed E-state index contributed by atoms with van der Waals surface area (Å²) in [5, 5.41) is 8.27. The summed E-state index contributed by atoms with van der Waals surface area (Å²) in [5.41, 5.74) is -0.270. The SMILES string of the molecule is [C-]#[N+]c1nn(-c2cc(Cl)c(-n3ncc4c3ccc(=O)n4C)c(Cl)c2)c(=O)[nH]c1=O. The van der Waals surface area contributed by atoms with Crippen LogP contribution in [0.4, 0.5) is 5.82 Å². The molecule has 0 aliphatic heterocycles. The monoisotopic (exact) mass is 429 g/mol.